The van der Waals surface area contributed by atoms with Crippen molar-refractivity contribution in [3.05, 3.63) is 47.9 Å². The van der Waals surface area contributed by atoms with Crippen molar-refractivity contribution in [1.29, 1.82) is 0 Å². The summed E-state index contributed by atoms with van der Waals surface area (Å²) in [6.07, 6.45) is 5.32. The van der Waals surface area contributed by atoms with Gasteiger partial charge in [0.25, 0.3) is 11.8 Å². The van der Waals surface area contributed by atoms with Crippen molar-refractivity contribution < 1.29 is 14.3 Å². The number of likely N-dealkylation sites (tertiary alicyclic amines) is 1. The molecule has 1 aliphatic heterocycles. The van der Waals surface area contributed by atoms with Crippen LogP contribution in [0.2, 0.25) is 0 Å². The molecule has 0 spiro atoms. The lowest BCUT2D eigenvalue weighted by molar-refractivity contribution is 0.0721. The van der Waals surface area contributed by atoms with Gasteiger partial charge in [-0.2, -0.15) is 0 Å². The number of ether oxygens (including phenoxy) is 1. The topological polar surface area (TPSA) is 105 Å². The Balaban J connectivity index is 1.42. The first-order valence-electron chi connectivity index (χ1n) is 9.71. The average Bonchev–Trinajstić information content (AvgIpc) is 3.48. The Morgan fingerprint density at radius 2 is 2.24 bits per heavy atom. The van der Waals surface area contributed by atoms with E-state index in [2.05, 4.69) is 20.6 Å². The lowest BCUT2D eigenvalue weighted by Gasteiger charge is -2.24. The monoisotopic (exact) mass is 396 g/mol. The normalized spacial score (nSPS) is 16.4. The lowest BCUT2D eigenvalue weighted by atomic mass is 10.1. The number of rotatable bonds is 7. The standard InChI is InChI=1S/C20H24N6O3/c1-29-10-8-22-19(27)18-13-25(24-23-18)12-16-3-2-9-26(16)20(28)15-5-4-14-6-7-21-17(14)11-15/h4-7,11,13,16,21H,2-3,8-10,12H2,1H3,(H,22,27). The van der Waals surface area contributed by atoms with Crippen LogP contribution in [0.5, 0.6) is 0 Å². The molecule has 0 radical (unpaired) electrons. The van der Waals surface area contributed by atoms with E-state index < -0.39 is 0 Å². The first-order valence-corrected chi connectivity index (χ1v) is 9.71. The Hall–Kier alpha value is -3.20. The zero-order valence-corrected chi connectivity index (χ0v) is 16.3. The first kappa shape index (κ1) is 19.1. The third-order valence-corrected chi connectivity index (χ3v) is 5.20. The van der Waals surface area contributed by atoms with Crippen LogP contribution in [0, 0.1) is 0 Å². The number of aromatic amines is 1. The Bertz CT molecular complexity index is 1010. The molecule has 2 N–H and O–H groups in total. The molecule has 152 valence electrons. The Kier molecular flexibility index (Phi) is 5.57. The SMILES string of the molecule is COCCNC(=O)c1cn(CC2CCCN2C(=O)c2ccc3cc[nH]c3c2)nn1. The lowest BCUT2D eigenvalue weighted by Crippen LogP contribution is -2.38. The van der Waals surface area contributed by atoms with E-state index in [0.717, 1.165) is 23.7 Å². The van der Waals surface area contributed by atoms with E-state index >= 15 is 0 Å². The van der Waals surface area contributed by atoms with Gasteiger partial charge in [0, 0.05) is 37.5 Å². The minimum Gasteiger partial charge on any atom is -0.383 e. The zero-order valence-electron chi connectivity index (χ0n) is 16.3. The summed E-state index contributed by atoms with van der Waals surface area (Å²) in [6.45, 7) is 2.08. The van der Waals surface area contributed by atoms with Crippen LogP contribution in [0.4, 0.5) is 0 Å². The highest BCUT2D eigenvalue weighted by Gasteiger charge is 2.30. The molecule has 0 bridgehead atoms. The van der Waals surface area contributed by atoms with Crippen molar-refractivity contribution in [2.45, 2.75) is 25.4 Å². The molecule has 9 heteroatoms. The molecule has 2 aromatic heterocycles. The second kappa shape index (κ2) is 8.44. The fourth-order valence-electron chi connectivity index (χ4n) is 3.70. The van der Waals surface area contributed by atoms with Gasteiger partial charge in [0.2, 0.25) is 0 Å². The maximum atomic E-state index is 13.1. The third-order valence-electron chi connectivity index (χ3n) is 5.20. The number of H-pyrrole nitrogens is 1. The van der Waals surface area contributed by atoms with Gasteiger partial charge in [-0.05, 0) is 36.4 Å². The maximum Gasteiger partial charge on any atom is 0.273 e. The number of amides is 2. The van der Waals surface area contributed by atoms with Gasteiger partial charge in [-0.15, -0.1) is 5.10 Å². The molecule has 9 nitrogen and oxygen atoms in total. The highest BCUT2D eigenvalue weighted by molar-refractivity contribution is 5.98. The van der Waals surface area contributed by atoms with Gasteiger partial charge in [-0.25, -0.2) is 4.68 Å². The third kappa shape index (κ3) is 4.14. The predicted octanol–water partition coefficient (Wildman–Crippen LogP) is 1.44. The average molecular weight is 396 g/mol. The molecule has 0 saturated carbocycles. The van der Waals surface area contributed by atoms with Crippen LogP contribution >= 0.6 is 0 Å². The van der Waals surface area contributed by atoms with Gasteiger partial charge in [-0.1, -0.05) is 11.3 Å². The number of hydrogen-bond acceptors (Lipinski definition) is 5. The van der Waals surface area contributed by atoms with Crippen molar-refractivity contribution in [3.63, 3.8) is 0 Å². The fourth-order valence-corrected chi connectivity index (χ4v) is 3.70. The van der Waals surface area contributed by atoms with Crippen LogP contribution in [0.3, 0.4) is 0 Å². The molecule has 1 saturated heterocycles. The number of methoxy groups -OCH3 is 1. The van der Waals surface area contributed by atoms with Crippen LogP contribution in [-0.4, -0.2) is 69.5 Å². The largest absolute Gasteiger partial charge is 0.383 e. The van der Waals surface area contributed by atoms with Gasteiger partial charge < -0.3 is 19.9 Å². The van der Waals surface area contributed by atoms with Crippen molar-refractivity contribution in [2.75, 3.05) is 26.8 Å². The quantitative estimate of drug-likeness (QED) is 0.588. The number of nitrogens with zero attached hydrogens (tertiary/aromatic N) is 4. The van der Waals surface area contributed by atoms with Crippen LogP contribution in [-0.2, 0) is 11.3 Å². The second-order valence-corrected chi connectivity index (χ2v) is 7.15. The molecule has 1 aromatic carbocycles. The Labute approximate surface area is 168 Å². The van der Waals surface area contributed by atoms with Crippen molar-refractivity contribution in [2.24, 2.45) is 0 Å². The summed E-state index contributed by atoms with van der Waals surface area (Å²) in [5, 5.41) is 11.8. The Morgan fingerprint density at radius 3 is 3.10 bits per heavy atom. The van der Waals surface area contributed by atoms with E-state index in [0.29, 0.717) is 31.8 Å². The van der Waals surface area contributed by atoms with Gasteiger partial charge in [0.1, 0.15) is 0 Å². The second-order valence-electron chi connectivity index (χ2n) is 7.15. The van der Waals surface area contributed by atoms with Crippen molar-refractivity contribution >= 4 is 22.7 Å². The van der Waals surface area contributed by atoms with Crippen molar-refractivity contribution in [3.8, 4) is 0 Å². The maximum absolute atomic E-state index is 13.1. The summed E-state index contributed by atoms with van der Waals surface area (Å²) < 4.78 is 6.55. The molecule has 1 fully saturated rings. The number of aromatic nitrogens is 4. The Morgan fingerprint density at radius 1 is 1.34 bits per heavy atom. The van der Waals surface area contributed by atoms with E-state index in [1.807, 2.05) is 35.4 Å². The van der Waals surface area contributed by atoms with Gasteiger partial charge >= 0.3 is 0 Å². The molecule has 3 heterocycles. The molecule has 1 aliphatic rings. The molecule has 0 aliphatic carbocycles. The molecule has 4 rings (SSSR count). The minimum absolute atomic E-state index is 0.0154. The number of benzene rings is 1. The van der Waals surface area contributed by atoms with Gasteiger partial charge in [-0.3, -0.25) is 9.59 Å². The van der Waals surface area contributed by atoms with E-state index in [9.17, 15) is 9.59 Å². The summed E-state index contributed by atoms with van der Waals surface area (Å²) in [4.78, 5) is 30.2. The number of carbonyl (C=O) groups excluding carboxylic acids is 2. The summed E-state index contributed by atoms with van der Waals surface area (Å²) in [5.41, 5.74) is 1.88. The van der Waals surface area contributed by atoms with Crippen LogP contribution in [0.25, 0.3) is 10.9 Å². The summed E-state index contributed by atoms with van der Waals surface area (Å²) >= 11 is 0. The number of fused-ring (bicyclic) bond motifs is 1. The molecule has 1 atom stereocenters. The van der Waals surface area contributed by atoms with E-state index in [4.69, 9.17) is 4.74 Å². The van der Waals surface area contributed by atoms with Crippen LogP contribution in [0.1, 0.15) is 33.7 Å². The smallest absolute Gasteiger partial charge is 0.273 e. The summed E-state index contributed by atoms with van der Waals surface area (Å²) in [6, 6.07) is 7.72. The predicted molar refractivity (Wildman–Crippen MR) is 107 cm³/mol. The first-order chi connectivity index (χ1) is 14.2. The molecular formula is C20H24N6O3. The van der Waals surface area contributed by atoms with Gasteiger partial charge in [0.15, 0.2) is 5.69 Å². The highest BCUT2D eigenvalue weighted by atomic mass is 16.5. The minimum atomic E-state index is -0.285. The van der Waals surface area contributed by atoms with Crippen LogP contribution in [0.15, 0.2) is 36.7 Å². The van der Waals surface area contributed by atoms with E-state index in [1.165, 1.54) is 0 Å². The molecular weight excluding hydrogens is 372 g/mol. The number of hydrogen-bond donors (Lipinski definition) is 2. The van der Waals surface area contributed by atoms with E-state index in [-0.39, 0.29) is 23.6 Å². The molecule has 3 aromatic rings. The zero-order chi connectivity index (χ0) is 20.2. The number of carbonyl (C=O) groups is 2. The highest BCUT2D eigenvalue weighted by Crippen LogP contribution is 2.23. The van der Waals surface area contributed by atoms with Crippen molar-refractivity contribution in [1.82, 2.24) is 30.2 Å². The molecule has 1 unspecified atom stereocenters. The summed E-state index contributed by atoms with van der Waals surface area (Å²) in [7, 11) is 1.58. The van der Waals surface area contributed by atoms with Crippen LogP contribution < -0.4 is 5.32 Å². The number of nitrogens with one attached hydrogen (secondary N) is 2. The van der Waals surface area contributed by atoms with E-state index in [1.54, 1.807) is 18.0 Å². The molecule has 29 heavy (non-hydrogen) atoms. The summed E-state index contributed by atoms with van der Waals surface area (Å²) in [5.74, 6) is -0.270. The van der Waals surface area contributed by atoms with Gasteiger partial charge in [0.05, 0.1) is 25.4 Å². The molecule has 2 amide bonds. The fraction of sp³-hybridized carbons (Fsp3) is 0.400.